The summed E-state index contributed by atoms with van der Waals surface area (Å²) >= 11 is 0. The SMILES string of the molecule is CCc1nn(C)c(N2CC3CCC(O)C3C2)c1N. The Hall–Kier alpha value is -1.23. The van der Waals surface area contributed by atoms with Crippen LogP contribution in [0.3, 0.4) is 0 Å². The maximum Gasteiger partial charge on any atom is 0.150 e. The minimum Gasteiger partial charge on any atom is -0.394 e. The number of anilines is 2. The number of hydrogen-bond donors (Lipinski definition) is 2. The first-order valence-corrected chi connectivity index (χ1v) is 6.86. The van der Waals surface area contributed by atoms with Crippen molar-refractivity contribution in [2.24, 2.45) is 18.9 Å². The lowest BCUT2D eigenvalue weighted by atomic mass is 10.00. The number of aliphatic hydroxyl groups is 1. The molecule has 0 aromatic carbocycles. The second-order valence-corrected chi connectivity index (χ2v) is 5.63. The average molecular weight is 250 g/mol. The Balaban J connectivity index is 1.87. The van der Waals surface area contributed by atoms with E-state index in [4.69, 9.17) is 5.73 Å². The molecule has 5 nitrogen and oxygen atoms in total. The molecule has 3 rings (SSSR count). The van der Waals surface area contributed by atoms with E-state index in [1.54, 1.807) is 0 Å². The van der Waals surface area contributed by atoms with Gasteiger partial charge >= 0.3 is 0 Å². The fraction of sp³-hybridized carbons (Fsp3) is 0.769. The van der Waals surface area contributed by atoms with Crippen molar-refractivity contribution in [2.45, 2.75) is 32.3 Å². The Labute approximate surface area is 108 Å². The van der Waals surface area contributed by atoms with Crippen molar-refractivity contribution in [3.05, 3.63) is 5.69 Å². The Morgan fingerprint density at radius 2 is 2.17 bits per heavy atom. The lowest BCUT2D eigenvalue weighted by molar-refractivity contribution is 0.133. The molecular formula is C13H22N4O. The fourth-order valence-electron chi connectivity index (χ4n) is 3.63. The van der Waals surface area contributed by atoms with Crippen molar-refractivity contribution in [1.82, 2.24) is 9.78 Å². The molecule has 2 aliphatic rings. The number of nitrogen functional groups attached to an aromatic ring is 1. The van der Waals surface area contributed by atoms with Gasteiger partial charge in [0.25, 0.3) is 0 Å². The number of aliphatic hydroxyl groups excluding tert-OH is 1. The van der Waals surface area contributed by atoms with Gasteiger partial charge in [0.2, 0.25) is 0 Å². The van der Waals surface area contributed by atoms with Crippen LogP contribution in [0.1, 0.15) is 25.5 Å². The van der Waals surface area contributed by atoms with Gasteiger partial charge in [0, 0.05) is 26.1 Å². The van der Waals surface area contributed by atoms with Gasteiger partial charge in [-0.05, 0) is 25.2 Å². The summed E-state index contributed by atoms with van der Waals surface area (Å²) in [5.74, 6) is 2.08. The number of aryl methyl sites for hydroxylation is 2. The highest BCUT2D eigenvalue weighted by molar-refractivity contribution is 5.67. The average Bonchev–Trinajstić information content (AvgIpc) is 2.96. The summed E-state index contributed by atoms with van der Waals surface area (Å²) in [7, 11) is 1.95. The van der Waals surface area contributed by atoms with Crippen molar-refractivity contribution >= 4 is 11.5 Å². The van der Waals surface area contributed by atoms with Crippen LogP contribution in [0, 0.1) is 11.8 Å². The molecule has 5 heteroatoms. The van der Waals surface area contributed by atoms with E-state index in [2.05, 4.69) is 16.9 Å². The van der Waals surface area contributed by atoms with Crippen molar-refractivity contribution in [2.75, 3.05) is 23.7 Å². The van der Waals surface area contributed by atoms with Crippen molar-refractivity contribution in [1.29, 1.82) is 0 Å². The predicted octanol–water partition coefficient (Wildman–Crippen LogP) is 0.772. The summed E-state index contributed by atoms with van der Waals surface area (Å²) in [6.07, 6.45) is 2.84. The molecule has 1 aromatic rings. The van der Waals surface area contributed by atoms with E-state index in [1.165, 1.54) is 0 Å². The maximum absolute atomic E-state index is 9.97. The van der Waals surface area contributed by atoms with Gasteiger partial charge in [0.1, 0.15) is 5.82 Å². The molecule has 1 aromatic heterocycles. The van der Waals surface area contributed by atoms with E-state index in [9.17, 15) is 5.11 Å². The molecule has 0 radical (unpaired) electrons. The van der Waals surface area contributed by atoms with Gasteiger partial charge in [-0.2, -0.15) is 5.10 Å². The molecule has 0 amide bonds. The summed E-state index contributed by atoms with van der Waals surface area (Å²) < 4.78 is 1.89. The van der Waals surface area contributed by atoms with Crippen LogP contribution < -0.4 is 10.6 Å². The minimum atomic E-state index is -0.125. The molecule has 3 unspecified atom stereocenters. The maximum atomic E-state index is 9.97. The summed E-state index contributed by atoms with van der Waals surface area (Å²) in [6, 6.07) is 0. The van der Waals surface area contributed by atoms with E-state index in [0.29, 0.717) is 11.8 Å². The summed E-state index contributed by atoms with van der Waals surface area (Å²) in [4.78, 5) is 2.30. The Bertz CT molecular complexity index is 456. The summed E-state index contributed by atoms with van der Waals surface area (Å²) in [6.45, 7) is 4.00. The smallest absolute Gasteiger partial charge is 0.150 e. The van der Waals surface area contributed by atoms with Crippen LogP contribution >= 0.6 is 0 Å². The second kappa shape index (κ2) is 4.16. The van der Waals surface area contributed by atoms with Crippen LogP contribution in [0.5, 0.6) is 0 Å². The number of fused-ring (bicyclic) bond motifs is 1. The van der Waals surface area contributed by atoms with Crippen LogP contribution in [0.2, 0.25) is 0 Å². The molecule has 2 heterocycles. The first-order chi connectivity index (χ1) is 8.61. The van der Waals surface area contributed by atoms with Crippen molar-refractivity contribution in [3.63, 3.8) is 0 Å². The minimum absolute atomic E-state index is 0.125. The number of aromatic nitrogens is 2. The normalized spacial score (nSPS) is 31.1. The quantitative estimate of drug-likeness (QED) is 0.813. The highest BCUT2D eigenvalue weighted by Crippen LogP contribution is 2.41. The molecule has 0 bridgehead atoms. The second-order valence-electron chi connectivity index (χ2n) is 5.63. The zero-order chi connectivity index (χ0) is 12.9. The van der Waals surface area contributed by atoms with Gasteiger partial charge in [-0.15, -0.1) is 0 Å². The predicted molar refractivity (Wildman–Crippen MR) is 71.4 cm³/mol. The Morgan fingerprint density at radius 1 is 1.39 bits per heavy atom. The largest absolute Gasteiger partial charge is 0.394 e. The number of nitrogens with zero attached hydrogens (tertiary/aromatic N) is 3. The van der Waals surface area contributed by atoms with E-state index < -0.39 is 0 Å². The zero-order valence-corrected chi connectivity index (χ0v) is 11.1. The lowest BCUT2D eigenvalue weighted by Gasteiger charge is -2.21. The first-order valence-electron chi connectivity index (χ1n) is 6.86. The van der Waals surface area contributed by atoms with E-state index in [-0.39, 0.29) is 6.10 Å². The monoisotopic (exact) mass is 250 g/mol. The van der Waals surface area contributed by atoms with Gasteiger partial charge in [-0.25, -0.2) is 0 Å². The third-order valence-corrected chi connectivity index (χ3v) is 4.58. The molecule has 1 saturated heterocycles. The topological polar surface area (TPSA) is 67.3 Å². The van der Waals surface area contributed by atoms with Crippen molar-refractivity contribution < 1.29 is 5.11 Å². The van der Waals surface area contributed by atoms with E-state index in [0.717, 1.165) is 49.6 Å². The molecule has 1 saturated carbocycles. The zero-order valence-electron chi connectivity index (χ0n) is 11.1. The number of rotatable bonds is 2. The molecule has 1 aliphatic carbocycles. The highest BCUT2D eigenvalue weighted by Gasteiger charge is 2.43. The first kappa shape index (κ1) is 11.8. The van der Waals surface area contributed by atoms with Gasteiger partial charge in [0.05, 0.1) is 17.5 Å². The van der Waals surface area contributed by atoms with Gasteiger partial charge in [-0.3, -0.25) is 4.68 Å². The summed E-state index contributed by atoms with van der Waals surface area (Å²) in [5, 5.41) is 14.4. The molecule has 1 aliphatic heterocycles. The van der Waals surface area contributed by atoms with Gasteiger partial charge in [-0.1, -0.05) is 6.92 Å². The summed E-state index contributed by atoms with van der Waals surface area (Å²) in [5.41, 5.74) is 7.98. The third-order valence-electron chi connectivity index (χ3n) is 4.58. The molecule has 3 atom stereocenters. The molecule has 2 fully saturated rings. The van der Waals surface area contributed by atoms with Crippen LogP contribution in [0.25, 0.3) is 0 Å². The van der Waals surface area contributed by atoms with Crippen molar-refractivity contribution in [3.8, 4) is 0 Å². The fourth-order valence-corrected chi connectivity index (χ4v) is 3.63. The third kappa shape index (κ3) is 1.61. The van der Waals surface area contributed by atoms with E-state index in [1.807, 2.05) is 11.7 Å². The van der Waals surface area contributed by atoms with Crippen LogP contribution in [-0.2, 0) is 13.5 Å². The van der Waals surface area contributed by atoms with Crippen LogP contribution in [-0.4, -0.2) is 34.1 Å². The molecule has 0 spiro atoms. The molecule has 3 N–H and O–H groups in total. The van der Waals surface area contributed by atoms with Crippen LogP contribution in [0.4, 0.5) is 11.5 Å². The Morgan fingerprint density at radius 3 is 2.78 bits per heavy atom. The number of hydrogen-bond acceptors (Lipinski definition) is 4. The molecular weight excluding hydrogens is 228 g/mol. The Kier molecular flexibility index (Phi) is 2.73. The van der Waals surface area contributed by atoms with Gasteiger partial charge < -0.3 is 15.7 Å². The van der Waals surface area contributed by atoms with E-state index >= 15 is 0 Å². The lowest BCUT2D eigenvalue weighted by Crippen LogP contribution is -2.26. The molecule has 18 heavy (non-hydrogen) atoms. The standard InChI is InChI=1S/C13H22N4O/c1-3-10-12(14)13(16(2)15-10)17-6-8-4-5-11(18)9(8)7-17/h8-9,11,18H,3-7,14H2,1-2H3. The number of nitrogens with two attached hydrogens (primary N) is 1. The van der Waals surface area contributed by atoms with Gasteiger partial charge in [0.15, 0.2) is 0 Å². The van der Waals surface area contributed by atoms with Crippen LogP contribution in [0.15, 0.2) is 0 Å². The highest BCUT2D eigenvalue weighted by atomic mass is 16.3. The molecule has 100 valence electrons.